The summed E-state index contributed by atoms with van der Waals surface area (Å²) >= 11 is 0. The first kappa shape index (κ1) is 13.4. The molecule has 0 unspecified atom stereocenters. The molecule has 1 amide bonds. The minimum absolute atomic E-state index is 0.0390. The van der Waals surface area contributed by atoms with E-state index in [9.17, 15) is 13.2 Å². The largest absolute Gasteiger partial charge is 0.349 e. The second-order valence-corrected chi connectivity index (χ2v) is 7.14. The van der Waals surface area contributed by atoms with Crippen molar-refractivity contribution in [1.82, 2.24) is 5.32 Å². The second-order valence-electron chi connectivity index (χ2n) is 4.57. The molecule has 6 heteroatoms. The lowest BCUT2D eigenvalue weighted by molar-refractivity contribution is 0.0916. The van der Waals surface area contributed by atoms with Crippen LogP contribution < -0.4 is 5.32 Å². The molecule has 4 nitrogen and oxygen atoms in total. The summed E-state index contributed by atoms with van der Waals surface area (Å²) in [6.45, 7) is 1.73. The van der Waals surface area contributed by atoms with Crippen LogP contribution in [0.5, 0.6) is 0 Å². The van der Waals surface area contributed by atoms with Crippen molar-refractivity contribution < 1.29 is 13.2 Å². The lowest BCUT2D eigenvalue weighted by Crippen LogP contribution is -2.39. The van der Waals surface area contributed by atoms with Crippen molar-refractivity contribution >= 4 is 25.6 Å². The van der Waals surface area contributed by atoms with Gasteiger partial charge in [0.1, 0.15) is 0 Å². The van der Waals surface area contributed by atoms with Crippen LogP contribution in [0.1, 0.15) is 35.2 Å². The van der Waals surface area contributed by atoms with Crippen LogP contribution in [0.25, 0.3) is 0 Å². The van der Waals surface area contributed by atoms with Gasteiger partial charge in [0.2, 0.25) is 0 Å². The zero-order chi connectivity index (χ0) is 13.3. The third kappa shape index (κ3) is 3.03. The highest BCUT2D eigenvalue weighted by Gasteiger charge is 2.21. The molecule has 0 saturated heterocycles. The van der Waals surface area contributed by atoms with Gasteiger partial charge in [-0.15, -0.1) is 0 Å². The SMILES string of the molecule is Cc1cc(C(=O)NC2CCC2)cc(S(=O)(=O)Cl)c1. The van der Waals surface area contributed by atoms with Crippen LogP contribution in [-0.4, -0.2) is 20.4 Å². The molecule has 2 rings (SSSR count). The van der Waals surface area contributed by atoms with Gasteiger partial charge in [-0.1, -0.05) is 0 Å². The Bertz CT molecular complexity index is 579. The van der Waals surface area contributed by atoms with Gasteiger partial charge in [0, 0.05) is 22.3 Å². The van der Waals surface area contributed by atoms with E-state index in [1.807, 2.05) is 0 Å². The van der Waals surface area contributed by atoms with Gasteiger partial charge in [0.15, 0.2) is 0 Å². The van der Waals surface area contributed by atoms with E-state index in [-0.39, 0.29) is 16.8 Å². The molecule has 1 N–H and O–H groups in total. The molecule has 0 atom stereocenters. The Morgan fingerprint density at radius 1 is 1.33 bits per heavy atom. The molecule has 1 aliphatic carbocycles. The van der Waals surface area contributed by atoms with Crippen LogP contribution in [0.4, 0.5) is 0 Å². The first-order chi connectivity index (χ1) is 8.36. The molecule has 1 fully saturated rings. The predicted octanol–water partition coefficient (Wildman–Crippen LogP) is 2.20. The fourth-order valence-electron chi connectivity index (χ4n) is 1.84. The number of rotatable bonds is 3. The Balaban J connectivity index is 2.27. The number of halogens is 1. The highest BCUT2D eigenvalue weighted by Crippen LogP contribution is 2.21. The molecule has 1 aromatic rings. The van der Waals surface area contributed by atoms with E-state index in [1.165, 1.54) is 12.1 Å². The average molecular weight is 288 g/mol. The number of amides is 1. The molecule has 0 aromatic heterocycles. The highest BCUT2D eigenvalue weighted by atomic mass is 35.7. The molecule has 1 aromatic carbocycles. The van der Waals surface area contributed by atoms with Crippen molar-refractivity contribution in [1.29, 1.82) is 0 Å². The van der Waals surface area contributed by atoms with E-state index in [2.05, 4.69) is 5.32 Å². The highest BCUT2D eigenvalue weighted by molar-refractivity contribution is 8.13. The van der Waals surface area contributed by atoms with E-state index in [4.69, 9.17) is 10.7 Å². The Morgan fingerprint density at radius 3 is 2.50 bits per heavy atom. The maximum absolute atomic E-state index is 11.9. The number of benzene rings is 1. The van der Waals surface area contributed by atoms with Crippen LogP contribution in [0.3, 0.4) is 0 Å². The molecule has 1 saturated carbocycles. The Morgan fingerprint density at radius 2 is 2.00 bits per heavy atom. The minimum Gasteiger partial charge on any atom is -0.349 e. The molecule has 0 heterocycles. The van der Waals surface area contributed by atoms with Crippen LogP contribution in [0, 0.1) is 6.92 Å². The van der Waals surface area contributed by atoms with Crippen LogP contribution in [0.15, 0.2) is 23.1 Å². The lowest BCUT2D eigenvalue weighted by Gasteiger charge is -2.26. The predicted molar refractivity (Wildman–Crippen MR) is 69.3 cm³/mol. The minimum atomic E-state index is -3.81. The Kier molecular flexibility index (Phi) is 3.64. The van der Waals surface area contributed by atoms with Crippen molar-refractivity contribution in [3.63, 3.8) is 0 Å². The molecule has 0 aliphatic heterocycles. The molecular weight excluding hydrogens is 274 g/mol. The van der Waals surface area contributed by atoms with Crippen molar-refractivity contribution in [2.45, 2.75) is 37.1 Å². The fraction of sp³-hybridized carbons (Fsp3) is 0.417. The average Bonchev–Trinajstić information content (AvgIpc) is 2.21. The summed E-state index contributed by atoms with van der Waals surface area (Å²) in [7, 11) is 1.48. The second kappa shape index (κ2) is 4.90. The van der Waals surface area contributed by atoms with Crippen molar-refractivity contribution in [2.75, 3.05) is 0 Å². The molecule has 0 spiro atoms. The fourth-order valence-corrected chi connectivity index (χ4v) is 2.70. The van der Waals surface area contributed by atoms with Crippen LogP contribution in [0.2, 0.25) is 0 Å². The van der Waals surface area contributed by atoms with Gasteiger partial charge in [-0.2, -0.15) is 0 Å². The van der Waals surface area contributed by atoms with E-state index >= 15 is 0 Å². The summed E-state index contributed by atoms with van der Waals surface area (Å²) in [4.78, 5) is 11.9. The molecule has 18 heavy (non-hydrogen) atoms. The van der Waals surface area contributed by atoms with Gasteiger partial charge < -0.3 is 5.32 Å². The zero-order valence-corrected chi connectivity index (χ0v) is 11.5. The summed E-state index contributed by atoms with van der Waals surface area (Å²) in [5.74, 6) is -0.245. The van der Waals surface area contributed by atoms with Crippen LogP contribution in [-0.2, 0) is 9.05 Å². The van der Waals surface area contributed by atoms with Gasteiger partial charge in [-0.05, 0) is 49.9 Å². The summed E-state index contributed by atoms with van der Waals surface area (Å²) in [5, 5.41) is 2.86. The third-order valence-corrected chi connectivity index (χ3v) is 4.37. The van der Waals surface area contributed by atoms with Crippen molar-refractivity contribution in [2.24, 2.45) is 0 Å². The number of carbonyl (C=O) groups excluding carboxylic acids is 1. The topological polar surface area (TPSA) is 63.2 Å². The lowest BCUT2D eigenvalue weighted by atomic mass is 9.93. The summed E-state index contributed by atoms with van der Waals surface area (Å²) in [6, 6.07) is 4.62. The van der Waals surface area contributed by atoms with Gasteiger partial charge in [-0.25, -0.2) is 8.42 Å². The van der Waals surface area contributed by atoms with Crippen LogP contribution >= 0.6 is 10.7 Å². The summed E-state index contributed by atoms with van der Waals surface area (Å²) in [6.07, 6.45) is 3.09. The first-order valence-electron chi connectivity index (χ1n) is 5.73. The molecule has 0 radical (unpaired) electrons. The normalized spacial score (nSPS) is 16.1. The Labute approximate surface area is 111 Å². The smallest absolute Gasteiger partial charge is 0.261 e. The number of aryl methyl sites for hydroxylation is 1. The van der Waals surface area contributed by atoms with Gasteiger partial charge in [0.25, 0.3) is 15.0 Å². The number of hydrogen-bond acceptors (Lipinski definition) is 3. The van der Waals surface area contributed by atoms with Gasteiger partial charge >= 0.3 is 0 Å². The summed E-state index contributed by atoms with van der Waals surface area (Å²) < 4.78 is 22.6. The zero-order valence-electron chi connectivity index (χ0n) is 9.94. The van der Waals surface area contributed by atoms with E-state index in [1.54, 1.807) is 13.0 Å². The van der Waals surface area contributed by atoms with Crippen molar-refractivity contribution in [3.8, 4) is 0 Å². The maximum Gasteiger partial charge on any atom is 0.261 e. The van der Waals surface area contributed by atoms with E-state index in [0.717, 1.165) is 19.3 Å². The third-order valence-electron chi connectivity index (χ3n) is 3.03. The number of carbonyl (C=O) groups is 1. The van der Waals surface area contributed by atoms with Gasteiger partial charge in [-0.3, -0.25) is 4.79 Å². The number of nitrogens with one attached hydrogen (secondary N) is 1. The first-order valence-corrected chi connectivity index (χ1v) is 8.04. The molecule has 98 valence electrons. The summed E-state index contributed by atoms with van der Waals surface area (Å²) in [5.41, 5.74) is 1.02. The van der Waals surface area contributed by atoms with Crippen molar-refractivity contribution in [3.05, 3.63) is 29.3 Å². The monoisotopic (exact) mass is 287 g/mol. The standard InChI is InChI=1S/C12H14ClNO3S/c1-8-5-9(7-11(6-8)18(13,16)17)12(15)14-10-3-2-4-10/h5-7,10H,2-4H2,1H3,(H,14,15). The molecule has 0 bridgehead atoms. The molecular formula is C12H14ClNO3S. The maximum atomic E-state index is 11.9. The van der Waals surface area contributed by atoms with Gasteiger partial charge in [0.05, 0.1) is 4.90 Å². The quantitative estimate of drug-likeness (QED) is 0.867. The van der Waals surface area contributed by atoms with E-state index in [0.29, 0.717) is 11.1 Å². The van der Waals surface area contributed by atoms with E-state index < -0.39 is 9.05 Å². The number of hydrogen-bond donors (Lipinski definition) is 1. The molecule has 1 aliphatic rings. The Hall–Kier alpha value is -1.07.